The van der Waals surface area contributed by atoms with Crippen molar-refractivity contribution in [3.05, 3.63) is 33.1 Å². The highest BCUT2D eigenvalue weighted by atomic mass is 31.3. The van der Waals surface area contributed by atoms with E-state index in [9.17, 15) is 58.8 Å². The monoisotopic (exact) mass is 607 g/mol. The minimum atomic E-state index is -5.63. The number of carbonyl (C=O) groups is 1. The molecule has 0 aromatic carbocycles. The van der Waals surface area contributed by atoms with Crippen LogP contribution in [0.4, 0.5) is 0 Å². The average molecular weight is 607 g/mol. The van der Waals surface area contributed by atoms with Crippen molar-refractivity contribution >= 4 is 21.6 Å². The Bertz CT molecular complexity index is 1240. The lowest BCUT2D eigenvalue weighted by Gasteiger charge is -2.42. The Morgan fingerprint density at radius 1 is 1.05 bits per heavy atom. The zero-order valence-corrected chi connectivity index (χ0v) is 21.6. The molecule has 1 aromatic rings. The number of aromatic amines is 1. The lowest BCUT2D eigenvalue weighted by atomic mass is 9.97. The number of rotatable bonds is 10. The van der Waals surface area contributed by atoms with Crippen molar-refractivity contribution in [2.24, 2.45) is 0 Å². The SMILES string of the molecule is CC(=O)N[C@H]1C(OP(=O)(O)OP(=O)(O)OC[C@H]2O[C@@H](n3ccc(=O)[nH]c3=O)[C@H](O)[C@@H]2O)O[C@H](CO)[C@H](O)[C@H]1O. The number of aliphatic hydroxyl groups excluding tert-OH is 5. The largest absolute Gasteiger partial charge is 0.483 e. The second-order valence-corrected chi connectivity index (χ2v) is 11.4. The molecule has 1 amide bonds. The van der Waals surface area contributed by atoms with Crippen LogP contribution in [0.3, 0.4) is 0 Å². The van der Waals surface area contributed by atoms with Gasteiger partial charge in [-0.2, -0.15) is 4.31 Å². The molecule has 2 fully saturated rings. The molecule has 39 heavy (non-hydrogen) atoms. The third-order valence-corrected chi connectivity index (χ3v) is 8.16. The van der Waals surface area contributed by atoms with Crippen molar-refractivity contribution in [2.45, 2.75) is 62.1 Å². The molecule has 2 aliphatic heterocycles. The van der Waals surface area contributed by atoms with Gasteiger partial charge in [0.05, 0.1) is 13.2 Å². The summed E-state index contributed by atoms with van der Waals surface area (Å²) in [6.07, 6.45) is -13.0. The highest BCUT2D eigenvalue weighted by Gasteiger charge is 2.50. The highest BCUT2D eigenvalue weighted by Crippen LogP contribution is 2.61. The van der Waals surface area contributed by atoms with E-state index in [-0.39, 0.29) is 0 Å². The second kappa shape index (κ2) is 12.3. The van der Waals surface area contributed by atoms with Gasteiger partial charge in [-0.1, -0.05) is 0 Å². The molecule has 3 heterocycles. The van der Waals surface area contributed by atoms with Gasteiger partial charge >= 0.3 is 21.3 Å². The number of phosphoric acid groups is 2. The molecule has 0 spiro atoms. The Kier molecular flexibility index (Phi) is 10.0. The molecular formula is C17H27N3O17P2. The van der Waals surface area contributed by atoms with Crippen molar-refractivity contribution in [3.63, 3.8) is 0 Å². The summed E-state index contributed by atoms with van der Waals surface area (Å²) in [6.45, 7) is -0.940. The Labute approximate surface area is 217 Å². The molecule has 0 bridgehead atoms. The first-order valence-corrected chi connectivity index (χ1v) is 14.0. The number of nitrogens with zero attached hydrogens (tertiary/aromatic N) is 1. The zero-order chi connectivity index (χ0) is 29.3. The number of aliphatic hydroxyl groups is 5. The molecule has 0 aliphatic carbocycles. The summed E-state index contributed by atoms with van der Waals surface area (Å²) < 4.78 is 49.2. The van der Waals surface area contributed by atoms with E-state index in [2.05, 4.69) is 18.7 Å². The Hall–Kier alpha value is -1.87. The van der Waals surface area contributed by atoms with Crippen LogP contribution in [-0.4, -0.2) is 113 Å². The summed E-state index contributed by atoms with van der Waals surface area (Å²) >= 11 is 0. The number of phosphoric ester groups is 2. The van der Waals surface area contributed by atoms with Gasteiger partial charge in [-0.3, -0.25) is 28.2 Å². The molecule has 0 radical (unpaired) electrons. The van der Waals surface area contributed by atoms with Crippen LogP contribution < -0.4 is 16.6 Å². The fourth-order valence-corrected chi connectivity index (χ4v) is 5.92. The summed E-state index contributed by atoms with van der Waals surface area (Å²) in [7, 11) is -11.1. The predicted molar refractivity (Wildman–Crippen MR) is 120 cm³/mol. The van der Waals surface area contributed by atoms with E-state index in [0.29, 0.717) is 0 Å². The number of ether oxygens (including phenoxy) is 2. The Balaban J connectivity index is 1.66. The fourth-order valence-electron chi connectivity index (χ4n) is 3.76. The number of amides is 1. The normalized spacial score (nSPS) is 36.2. The van der Waals surface area contributed by atoms with Crippen LogP contribution in [0.1, 0.15) is 13.2 Å². The summed E-state index contributed by atoms with van der Waals surface area (Å²) in [4.78, 5) is 56.4. The van der Waals surface area contributed by atoms with E-state index >= 15 is 0 Å². The smallest absolute Gasteiger partial charge is 0.394 e. The van der Waals surface area contributed by atoms with E-state index in [1.807, 2.05) is 4.98 Å². The van der Waals surface area contributed by atoms with Crippen LogP contribution in [0.5, 0.6) is 0 Å². The maximum atomic E-state index is 12.4. The lowest BCUT2D eigenvalue weighted by Crippen LogP contribution is -2.64. The van der Waals surface area contributed by atoms with Gasteiger partial charge in [-0.15, -0.1) is 0 Å². The van der Waals surface area contributed by atoms with E-state index in [1.54, 1.807) is 0 Å². The third kappa shape index (κ3) is 7.66. The molecule has 0 saturated carbocycles. The van der Waals surface area contributed by atoms with Crippen LogP contribution in [0.25, 0.3) is 0 Å². The standard InChI is InChI=1S/C17H27N3O17P2/c1-6(22)18-10-13(26)11(24)7(4-21)35-16(10)36-39(31,32)37-38(29,30)33-5-8-12(25)14(27)15(34-8)20-3-2-9(23)19-17(20)28/h2-3,7-8,10-16,21,24-27H,4-5H2,1H3,(H,18,22)(H,29,30)(H,31,32)(H,19,23,28)/t7-,8-,10-,11+,12-,13+,14-,15-,16?/m1/s1. The molecule has 2 aliphatic rings. The number of carbonyl (C=O) groups excluding carboxylic acids is 1. The van der Waals surface area contributed by atoms with Gasteiger partial charge in [0.2, 0.25) is 5.91 Å². The van der Waals surface area contributed by atoms with Gasteiger partial charge in [0.15, 0.2) is 12.5 Å². The van der Waals surface area contributed by atoms with Gasteiger partial charge in [-0.05, 0) is 0 Å². The number of aromatic nitrogens is 2. The molecular weight excluding hydrogens is 580 g/mol. The minimum absolute atomic E-state index is 0.723. The van der Waals surface area contributed by atoms with Gasteiger partial charge in [0.25, 0.3) is 5.56 Å². The molecule has 222 valence electrons. The molecule has 2 saturated heterocycles. The number of hydrogen-bond donors (Lipinski definition) is 9. The summed E-state index contributed by atoms with van der Waals surface area (Å²) in [5.74, 6) is -0.796. The topological polar surface area (TPSA) is 306 Å². The molecule has 20 nitrogen and oxygen atoms in total. The number of nitrogens with one attached hydrogen (secondary N) is 2. The first-order valence-electron chi connectivity index (χ1n) is 11.0. The van der Waals surface area contributed by atoms with Crippen molar-refractivity contribution in [2.75, 3.05) is 13.2 Å². The van der Waals surface area contributed by atoms with Gasteiger partial charge < -0.3 is 50.1 Å². The first kappa shape index (κ1) is 31.7. The van der Waals surface area contributed by atoms with Crippen LogP contribution in [0.2, 0.25) is 0 Å². The van der Waals surface area contributed by atoms with Gasteiger partial charge in [0, 0.05) is 19.2 Å². The summed E-state index contributed by atoms with van der Waals surface area (Å²) in [6, 6.07) is -0.766. The molecule has 3 rings (SSSR count). The third-order valence-electron chi connectivity index (χ3n) is 5.56. The summed E-state index contributed by atoms with van der Waals surface area (Å²) in [5, 5.41) is 51.9. The zero-order valence-electron chi connectivity index (χ0n) is 19.8. The fraction of sp³-hybridized carbons (Fsp3) is 0.706. The quantitative estimate of drug-likeness (QED) is 0.113. The van der Waals surface area contributed by atoms with E-state index in [1.165, 1.54) is 0 Å². The maximum absolute atomic E-state index is 12.4. The van der Waals surface area contributed by atoms with Crippen molar-refractivity contribution in [3.8, 4) is 0 Å². The second-order valence-electron chi connectivity index (χ2n) is 8.42. The molecule has 9 N–H and O–H groups in total. The van der Waals surface area contributed by atoms with E-state index in [4.69, 9.17) is 9.47 Å². The Morgan fingerprint density at radius 3 is 2.28 bits per heavy atom. The van der Waals surface area contributed by atoms with Gasteiger partial charge in [0.1, 0.15) is 42.7 Å². The predicted octanol–water partition coefficient (Wildman–Crippen LogP) is -4.65. The first-order chi connectivity index (χ1) is 18.0. The highest BCUT2D eigenvalue weighted by molar-refractivity contribution is 7.61. The van der Waals surface area contributed by atoms with Crippen LogP contribution >= 0.6 is 15.6 Å². The number of H-pyrrole nitrogens is 1. The van der Waals surface area contributed by atoms with Crippen molar-refractivity contribution < 1.29 is 72.1 Å². The van der Waals surface area contributed by atoms with Crippen LogP contribution in [-0.2, 0) is 36.8 Å². The molecule has 3 unspecified atom stereocenters. The van der Waals surface area contributed by atoms with Crippen molar-refractivity contribution in [1.82, 2.24) is 14.9 Å². The Morgan fingerprint density at radius 2 is 1.69 bits per heavy atom. The lowest BCUT2D eigenvalue weighted by molar-refractivity contribution is -0.247. The minimum Gasteiger partial charge on any atom is -0.394 e. The maximum Gasteiger partial charge on any atom is 0.483 e. The molecule has 1 aromatic heterocycles. The molecule has 11 atom stereocenters. The van der Waals surface area contributed by atoms with Crippen LogP contribution in [0.15, 0.2) is 21.9 Å². The van der Waals surface area contributed by atoms with E-state index in [0.717, 1.165) is 23.8 Å². The number of hydrogen-bond acceptors (Lipinski definition) is 15. The molecule has 22 heteroatoms. The van der Waals surface area contributed by atoms with Crippen LogP contribution in [0, 0.1) is 0 Å². The summed E-state index contributed by atoms with van der Waals surface area (Å²) in [5.41, 5.74) is -1.75. The average Bonchev–Trinajstić information content (AvgIpc) is 3.10. The van der Waals surface area contributed by atoms with Gasteiger partial charge in [-0.25, -0.2) is 13.9 Å². The van der Waals surface area contributed by atoms with Crippen molar-refractivity contribution in [1.29, 1.82) is 0 Å². The van der Waals surface area contributed by atoms with E-state index < -0.39 is 101 Å².